The fourth-order valence-electron chi connectivity index (χ4n) is 8.55. The highest BCUT2D eigenvalue weighted by molar-refractivity contribution is 7.89. The van der Waals surface area contributed by atoms with Gasteiger partial charge < -0.3 is 37.2 Å². The Morgan fingerprint density at radius 2 is 1.32 bits per heavy atom. The number of hydrogen-bond acceptors (Lipinski definition) is 11. The molecule has 1 aliphatic heterocycles. The maximum absolute atomic E-state index is 14.3. The third kappa shape index (κ3) is 20.2. The molecule has 10 amide bonds. The number of likely N-dealkylation sites (N-methyl/N-ethyl adjacent to an activating group) is 1. The molecule has 0 fully saturated rings. The van der Waals surface area contributed by atoms with Crippen LogP contribution < -0.4 is 37.0 Å². The molecular formula is C56H83N9O11S. The number of urea groups is 1. The van der Waals surface area contributed by atoms with Crippen molar-refractivity contribution in [2.75, 3.05) is 20.1 Å². The predicted molar refractivity (Wildman–Crippen MR) is 294 cm³/mol. The number of nitrogens with two attached hydrogens (primary N) is 1. The van der Waals surface area contributed by atoms with E-state index >= 15 is 0 Å². The third-order valence-corrected chi connectivity index (χ3v) is 15.0. The first-order valence-corrected chi connectivity index (χ1v) is 27.9. The molecule has 1 heterocycles. The predicted octanol–water partition coefficient (Wildman–Crippen LogP) is 4.38. The molecule has 0 radical (unpaired) electrons. The Balaban J connectivity index is 1.62. The number of primary amides is 1. The van der Waals surface area contributed by atoms with E-state index < -0.39 is 80.4 Å². The number of carbonyl (C=O) groups is 9. The lowest BCUT2D eigenvalue weighted by Crippen LogP contribution is -2.58. The summed E-state index contributed by atoms with van der Waals surface area (Å²) in [5, 5.41) is 13.7. The van der Waals surface area contributed by atoms with Crippen LogP contribution >= 0.6 is 0 Å². The number of carbonyl (C=O) groups excluding carboxylic acids is 9. The van der Waals surface area contributed by atoms with Crippen molar-refractivity contribution < 1.29 is 51.6 Å². The molecule has 0 spiro atoms. The molecule has 1 aliphatic rings. The Bertz CT molecular complexity index is 2570. The van der Waals surface area contributed by atoms with Gasteiger partial charge >= 0.3 is 6.03 Å². The minimum absolute atomic E-state index is 0.0121. The zero-order valence-corrected chi connectivity index (χ0v) is 47.7. The molecule has 0 bridgehead atoms. The molecular weight excluding hydrogens is 1010 g/mol. The van der Waals surface area contributed by atoms with Gasteiger partial charge in [-0.1, -0.05) is 136 Å². The van der Waals surface area contributed by atoms with Crippen LogP contribution in [0.1, 0.15) is 131 Å². The van der Waals surface area contributed by atoms with Gasteiger partial charge in [-0.05, 0) is 66.5 Å². The van der Waals surface area contributed by atoms with Crippen molar-refractivity contribution >= 4 is 63.3 Å². The van der Waals surface area contributed by atoms with Gasteiger partial charge in [-0.15, -0.1) is 0 Å². The summed E-state index contributed by atoms with van der Waals surface area (Å²) in [6.45, 7) is 20.4. The first-order chi connectivity index (χ1) is 35.9. The molecule has 20 nitrogen and oxygen atoms in total. The molecule has 8 N–H and O–H groups in total. The lowest BCUT2D eigenvalue weighted by molar-refractivity contribution is -0.141. The Hall–Kier alpha value is -6.90. The minimum atomic E-state index is -4.23. The Labute approximate surface area is 455 Å². The summed E-state index contributed by atoms with van der Waals surface area (Å²) in [6.07, 6.45) is 5.95. The molecule has 2 aromatic rings. The summed E-state index contributed by atoms with van der Waals surface area (Å²) >= 11 is 0. The topological polar surface area (TPSA) is 292 Å². The number of sulfonamides is 1. The van der Waals surface area contributed by atoms with Gasteiger partial charge in [-0.2, -0.15) is 0 Å². The molecule has 0 saturated carbocycles. The number of unbranched alkanes of at least 4 members (excludes halogenated alkanes) is 2. The van der Waals surface area contributed by atoms with Gasteiger partial charge in [0.15, 0.2) is 0 Å². The fourth-order valence-corrected chi connectivity index (χ4v) is 9.70. The first-order valence-electron chi connectivity index (χ1n) is 26.2. The van der Waals surface area contributed by atoms with Crippen molar-refractivity contribution in [1.29, 1.82) is 0 Å². The van der Waals surface area contributed by atoms with Gasteiger partial charge in [0.05, 0.1) is 11.8 Å². The van der Waals surface area contributed by atoms with Gasteiger partial charge in [-0.25, -0.2) is 17.9 Å². The van der Waals surface area contributed by atoms with Crippen LogP contribution in [0.2, 0.25) is 0 Å². The summed E-state index contributed by atoms with van der Waals surface area (Å²) < 4.78 is 28.8. The van der Waals surface area contributed by atoms with E-state index in [1.54, 1.807) is 39.1 Å². The van der Waals surface area contributed by atoms with Crippen LogP contribution in [0, 0.1) is 23.2 Å². The molecule has 3 rings (SSSR count). The van der Waals surface area contributed by atoms with E-state index in [4.69, 9.17) is 5.73 Å². The number of rotatable bonds is 29. The largest absolute Gasteiger partial charge is 0.352 e. The third-order valence-electron chi connectivity index (χ3n) is 13.8. The maximum Gasteiger partial charge on any atom is 0.312 e. The van der Waals surface area contributed by atoms with Crippen LogP contribution in [-0.2, 0) is 66.1 Å². The van der Waals surface area contributed by atoms with Crippen LogP contribution in [0.15, 0.2) is 78.4 Å². The Morgan fingerprint density at radius 3 is 1.88 bits per heavy atom. The number of amides is 10. The Morgan fingerprint density at radius 1 is 0.727 bits per heavy atom. The van der Waals surface area contributed by atoms with Crippen molar-refractivity contribution in [3.63, 3.8) is 0 Å². The number of hydrogen-bond donors (Lipinski definition) is 7. The van der Waals surface area contributed by atoms with E-state index in [-0.39, 0.29) is 85.8 Å². The van der Waals surface area contributed by atoms with E-state index in [1.807, 2.05) is 85.7 Å². The molecule has 0 aromatic heterocycles. The molecule has 21 heteroatoms. The zero-order valence-electron chi connectivity index (χ0n) is 46.9. The molecule has 0 saturated heterocycles. The highest BCUT2D eigenvalue weighted by Gasteiger charge is 2.41. The summed E-state index contributed by atoms with van der Waals surface area (Å²) in [7, 11) is -2.64. The normalized spacial score (nSPS) is 15.0. The molecule has 0 aliphatic carbocycles. The van der Waals surface area contributed by atoms with Crippen molar-refractivity contribution in [1.82, 2.24) is 41.1 Å². The van der Waals surface area contributed by atoms with Gasteiger partial charge in [0.1, 0.15) is 18.1 Å². The van der Waals surface area contributed by atoms with Crippen molar-refractivity contribution in [2.24, 2.45) is 28.9 Å². The van der Waals surface area contributed by atoms with Crippen molar-refractivity contribution in [2.45, 2.75) is 157 Å². The Kier molecular flexibility index (Phi) is 24.3. The van der Waals surface area contributed by atoms with Crippen molar-refractivity contribution in [3.8, 4) is 0 Å². The number of benzene rings is 2. The summed E-state index contributed by atoms with van der Waals surface area (Å²) in [6, 6.07) is 11.6. The molecule has 0 unspecified atom stereocenters. The minimum Gasteiger partial charge on any atom is -0.352 e. The molecule has 2 aromatic carbocycles. The first kappa shape index (κ1) is 64.4. The van der Waals surface area contributed by atoms with E-state index in [2.05, 4.69) is 31.3 Å². The van der Waals surface area contributed by atoms with Gasteiger partial charge in [-0.3, -0.25) is 43.3 Å². The van der Waals surface area contributed by atoms with Crippen molar-refractivity contribution in [3.05, 3.63) is 95.1 Å². The van der Waals surface area contributed by atoms with Crippen LogP contribution in [0.25, 0.3) is 0 Å². The fraction of sp³-hybridized carbons (Fsp3) is 0.554. The summed E-state index contributed by atoms with van der Waals surface area (Å²) in [5.41, 5.74) is 5.93. The van der Waals surface area contributed by atoms with Crippen LogP contribution in [0.5, 0.6) is 0 Å². The second-order valence-electron chi connectivity index (χ2n) is 22.1. The van der Waals surface area contributed by atoms with E-state index in [0.717, 1.165) is 10.5 Å². The maximum atomic E-state index is 14.3. The second-order valence-corrected chi connectivity index (χ2v) is 23.9. The van der Waals surface area contributed by atoms with E-state index in [0.29, 0.717) is 30.4 Å². The summed E-state index contributed by atoms with van der Waals surface area (Å²) in [5.74, 6) is -5.45. The second kappa shape index (κ2) is 29.0. The quantitative estimate of drug-likeness (QED) is 0.0341. The molecule has 77 heavy (non-hydrogen) atoms. The lowest BCUT2D eigenvalue weighted by Gasteiger charge is -2.39. The lowest BCUT2D eigenvalue weighted by atomic mass is 9.73. The average molecular weight is 1090 g/mol. The van der Waals surface area contributed by atoms with Gasteiger partial charge in [0, 0.05) is 62.2 Å². The van der Waals surface area contributed by atoms with Crippen LogP contribution in [0.3, 0.4) is 0 Å². The van der Waals surface area contributed by atoms with E-state index in [1.165, 1.54) is 36.1 Å². The summed E-state index contributed by atoms with van der Waals surface area (Å²) in [4.78, 5) is 119. The SMILES string of the molecule is C/C(=C\[C@H](C(C)C)N(C)C(=O)[C@@H](NC(=O)[C@@H](C)C(C)(C)c1ccccc1)C(C)(C)C)C(=O)NS(=O)(=O)Cc1ccc(CNC(=O)[C@H](CCCNC(N)=O)NC(=O)[C@@H](NC(=O)CCCCCN2C(=O)C=CC2=O)C(C)C)cc1. The average Bonchev–Trinajstić information content (AvgIpc) is 3.67. The highest BCUT2D eigenvalue weighted by atomic mass is 32.2. The van der Waals surface area contributed by atoms with Crippen LogP contribution in [0.4, 0.5) is 4.79 Å². The van der Waals surface area contributed by atoms with Gasteiger partial charge in [0.2, 0.25) is 39.6 Å². The van der Waals surface area contributed by atoms with Gasteiger partial charge in [0.25, 0.3) is 17.7 Å². The zero-order chi connectivity index (χ0) is 58.0. The number of nitrogens with one attached hydrogen (secondary N) is 6. The standard InChI is InChI=1S/C56H83N9O11S/c1-35(2)43(64(12)53(73)48(55(7,8)9)62-50(70)38(6)56(10,11)41-20-15-13-16-21-41)32-37(5)49(69)63-77(75,76)34-40-26-24-39(25-27-40)33-59-51(71)42(22-19-30-58-54(57)74)60-52(72)47(36(3)4)61-44(66)23-17-14-18-31-65-45(67)28-29-46(65)68/h13,15-16,20-21,24-29,32,35-36,38,42-43,47-48H,14,17-19,22-23,30-31,33-34H2,1-12H3,(H,59,71)(H,60,72)(H,61,66)(H,62,70)(H,63,69)(H3,57,58,74)/b37-32+/t38-,42+,43-,47+,48-/m1/s1. The smallest absolute Gasteiger partial charge is 0.312 e. The molecule has 424 valence electrons. The number of nitrogens with zero attached hydrogens (tertiary/aromatic N) is 2. The highest BCUT2D eigenvalue weighted by Crippen LogP contribution is 2.33. The van der Waals surface area contributed by atoms with Crippen LogP contribution in [-0.4, -0.2) is 116 Å². The van der Waals surface area contributed by atoms with E-state index in [9.17, 15) is 51.6 Å². The molecule has 5 atom stereocenters. The number of imide groups is 1. The monoisotopic (exact) mass is 1090 g/mol.